The molecule has 0 bridgehead atoms. The Labute approximate surface area is 149 Å². The van der Waals surface area contributed by atoms with E-state index >= 15 is 0 Å². The van der Waals surface area contributed by atoms with Crippen molar-refractivity contribution in [1.29, 1.82) is 0 Å². The van der Waals surface area contributed by atoms with Crippen LogP contribution in [0.3, 0.4) is 0 Å². The van der Waals surface area contributed by atoms with Crippen molar-refractivity contribution in [3.8, 4) is 0 Å². The molecule has 2 aliphatic rings. The lowest BCUT2D eigenvalue weighted by molar-refractivity contribution is -0.116. The maximum atomic E-state index is 12.4. The molecule has 1 aromatic rings. The van der Waals surface area contributed by atoms with Crippen molar-refractivity contribution in [3.05, 3.63) is 23.8 Å². The van der Waals surface area contributed by atoms with Crippen LogP contribution in [0.2, 0.25) is 0 Å². The summed E-state index contributed by atoms with van der Waals surface area (Å²) >= 11 is 0. The van der Waals surface area contributed by atoms with Gasteiger partial charge >= 0.3 is 0 Å². The molecule has 1 heterocycles. The summed E-state index contributed by atoms with van der Waals surface area (Å²) in [6.45, 7) is 5.23. The first kappa shape index (κ1) is 18.4. The van der Waals surface area contributed by atoms with E-state index < -0.39 is 10.0 Å². The minimum absolute atomic E-state index is 0.0221. The molecule has 0 saturated heterocycles. The van der Waals surface area contributed by atoms with Gasteiger partial charge in [0.2, 0.25) is 15.9 Å². The highest BCUT2D eigenvalue weighted by Gasteiger charge is 2.30. The van der Waals surface area contributed by atoms with Crippen LogP contribution in [0, 0.1) is 5.92 Å². The van der Waals surface area contributed by atoms with E-state index in [0.717, 1.165) is 23.8 Å². The fourth-order valence-corrected chi connectivity index (χ4v) is 4.38. The van der Waals surface area contributed by atoms with Crippen LogP contribution in [0.5, 0.6) is 0 Å². The highest BCUT2D eigenvalue weighted by molar-refractivity contribution is 7.89. The van der Waals surface area contributed by atoms with E-state index in [2.05, 4.69) is 4.72 Å². The number of nitrogens with one attached hydrogen (secondary N) is 1. The summed E-state index contributed by atoms with van der Waals surface area (Å²) in [5.74, 6) is 0.700. The molecule has 1 amide bonds. The summed E-state index contributed by atoms with van der Waals surface area (Å²) in [5, 5.41) is 0. The molecule has 25 heavy (non-hydrogen) atoms. The third-order valence-corrected chi connectivity index (χ3v) is 6.18. The van der Waals surface area contributed by atoms with Crippen molar-refractivity contribution < 1.29 is 17.9 Å². The molecule has 1 fully saturated rings. The Bertz CT molecular complexity index is 743. The summed E-state index contributed by atoms with van der Waals surface area (Å²) in [6, 6.07) is 5.04. The molecular weight excluding hydrogens is 340 g/mol. The topological polar surface area (TPSA) is 75.7 Å². The minimum atomic E-state index is -3.54. The van der Waals surface area contributed by atoms with Gasteiger partial charge in [-0.3, -0.25) is 4.79 Å². The standard InChI is InChI=1S/C18H26N2O4S/c1-13-10-16-11-17(6-7-18(16)20(13)14(2)21)25(22,23)19-8-3-9-24-12-15-4-5-15/h6-7,11,13,15,19H,3-5,8-10,12H2,1-2H3. The zero-order valence-electron chi connectivity index (χ0n) is 14.8. The zero-order chi connectivity index (χ0) is 18.0. The van der Waals surface area contributed by atoms with Gasteiger partial charge in [0.15, 0.2) is 0 Å². The highest BCUT2D eigenvalue weighted by Crippen LogP contribution is 2.33. The van der Waals surface area contributed by atoms with Gasteiger partial charge in [0.05, 0.1) is 4.90 Å². The van der Waals surface area contributed by atoms with Crippen molar-refractivity contribution >= 4 is 21.6 Å². The lowest BCUT2D eigenvalue weighted by atomic mass is 10.1. The number of benzene rings is 1. The number of hydrogen-bond acceptors (Lipinski definition) is 4. The van der Waals surface area contributed by atoms with Crippen molar-refractivity contribution in [2.24, 2.45) is 5.92 Å². The summed E-state index contributed by atoms with van der Waals surface area (Å²) < 4.78 is 33.0. The van der Waals surface area contributed by atoms with Gasteiger partial charge in [-0.15, -0.1) is 0 Å². The van der Waals surface area contributed by atoms with E-state index in [1.54, 1.807) is 23.1 Å². The maximum Gasteiger partial charge on any atom is 0.240 e. The zero-order valence-corrected chi connectivity index (χ0v) is 15.6. The lowest BCUT2D eigenvalue weighted by Crippen LogP contribution is -2.33. The maximum absolute atomic E-state index is 12.4. The van der Waals surface area contributed by atoms with Crippen molar-refractivity contribution in [3.63, 3.8) is 0 Å². The molecule has 0 spiro atoms. The fourth-order valence-electron chi connectivity index (χ4n) is 3.25. The molecule has 138 valence electrons. The number of rotatable bonds is 8. The van der Waals surface area contributed by atoms with Crippen molar-refractivity contribution in [2.45, 2.75) is 50.5 Å². The average molecular weight is 366 g/mol. The number of ether oxygens (including phenoxy) is 1. The summed E-state index contributed by atoms with van der Waals surface area (Å²) in [6.07, 6.45) is 3.84. The van der Waals surface area contributed by atoms with Crippen LogP contribution < -0.4 is 9.62 Å². The Morgan fingerprint density at radius 1 is 1.36 bits per heavy atom. The first-order valence-corrected chi connectivity index (χ1v) is 10.4. The predicted octanol–water partition coefficient (Wildman–Crippen LogP) is 2.08. The van der Waals surface area contributed by atoms with Crippen molar-refractivity contribution in [1.82, 2.24) is 4.72 Å². The second kappa shape index (κ2) is 7.43. The molecule has 0 radical (unpaired) electrons. The molecule has 1 N–H and O–H groups in total. The van der Waals surface area contributed by atoms with E-state index in [0.29, 0.717) is 26.0 Å². The molecule has 0 aromatic heterocycles. The Morgan fingerprint density at radius 3 is 2.80 bits per heavy atom. The summed E-state index contributed by atoms with van der Waals surface area (Å²) in [7, 11) is -3.54. The molecule has 1 aliphatic carbocycles. The van der Waals surface area contributed by atoms with Crippen LogP contribution in [0.15, 0.2) is 23.1 Å². The number of amides is 1. The second-order valence-corrected chi connectivity index (χ2v) is 8.77. The van der Waals surface area contributed by atoms with E-state index in [9.17, 15) is 13.2 Å². The third-order valence-electron chi connectivity index (χ3n) is 4.72. The van der Waals surface area contributed by atoms with Gasteiger partial charge in [0.1, 0.15) is 0 Å². The molecular formula is C18H26N2O4S. The van der Waals surface area contributed by atoms with Gasteiger partial charge in [-0.1, -0.05) is 0 Å². The molecule has 1 atom stereocenters. The molecule has 7 heteroatoms. The first-order chi connectivity index (χ1) is 11.9. The lowest BCUT2D eigenvalue weighted by Gasteiger charge is -2.20. The monoisotopic (exact) mass is 366 g/mol. The molecule has 1 aliphatic heterocycles. The Kier molecular flexibility index (Phi) is 5.46. The number of hydrogen-bond donors (Lipinski definition) is 1. The summed E-state index contributed by atoms with van der Waals surface area (Å²) in [5.41, 5.74) is 1.71. The van der Waals surface area contributed by atoms with Gasteiger partial charge in [-0.2, -0.15) is 0 Å². The van der Waals surface area contributed by atoms with Crippen LogP contribution in [-0.2, 0) is 26.0 Å². The average Bonchev–Trinajstić information content (AvgIpc) is 3.30. The highest BCUT2D eigenvalue weighted by atomic mass is 32.2. The summed E-state index contributed by atoms with van der Waals surface area (Å²) in [4.78, 5) is 13.7. The van der Waals surface area contributed by atoms with Gasteiger partial charge in [0.25, 0.3) is 0 Å². The SMILES string of the molecule is CC(=O)N1c2ccc(S(=O)(=O)NCCCOCC3CC3)cc2CC1C. The Balaban J connectivity index is 1.57. The smallest absolute Gasteiger partial charge is 0.240 e. The quantitative estimate of drug-likeness (QED) is 0.715. The van der Waals surface area contributed by atoms with E-state index in [4.69, 9.17) is 4.74 Å². The predicted molar refractivity (Wildman–Crippen MR) is 96.1 cm³/mol. The Morgan fingerprint density at radius 2 is 2.12 bits per heavy atom. The number of sulfonamides is 1. The Hall–Kier alpha value is -1.44. The fraction of sp³-hybridized carbons (Fsp3) is 0.611. The normalized spacial score (nSPS) is 19.9. The molecule has 1 saturated carbocycles. The number of nitrogens with zero attached hydrogens (tertiary/aromatic N) is 1. The van der Waals surface area contributed by atoms with Crippen LogP contribution in [0.25, 0.3) is 0 Å². The van der Waals surface area contributed by atoms with E-state index in [1.165, 1.54) is 19.8 Å². The first-order valence-electron chi connectivity index (χ1n) is 8.88. The van der Waals surface area contributed by atoms with Gasteiger partial charge < -0.3 is 9.64 Å². The number of fused-ring (bicyclic) bond motifs is 1. The van der Waals surface area contributed by atoms with Crippen LogP contribution >= 0.6 is 0 Å². The van der Waals surface area contributed by atoms with E-state index in [1.807, 2.05) is 6.92 Å². The minimum Gasteiger partial charge on any atom is -0.381 e. The van der Waals surface area contributed by atoms with Gasteiger partial charge in [-0.25, -0.2) is 13.1 Å². The molecule has 3 rings (SSSR count). The largest absolute Gasteiger partial charge is 0.381 e. The van der Waals surface area contributed by atoms with Crippen LogP contribution in [0.1, 0.15) is 38.7 Å². The van der Waals surface area contributed by atoms with Crippen LogP contribution in [0.4, 0.5) is 5.69 Å². The molecule has 1 aromatic carbocycles. The van der Waals surface area contributed by atoms with Crippen LogP contribution in [-0.4, -0.2) is 40.1 Å². The molecule has 1 unspecified atom stereocenters. The van der Waals surface area contributed by atoms with E-state index in [-0.39, 0.29) is 16.8 Å². The number of anilines is 1. The number of carbonyl (C=O) groups is 1. The third kappa shape index (κ3) is 4.40. The van der Waals surface area contributed by atoms with Gasteiger partial charge in [0, 0.05) is 38.4 Å². The van der Waals surface area contributed by atoms with Gasteiger partial charge in [-0.05, 0) is 62.3 Å². The van der Waals surface area contributed by atoms with Crippen molar-refractivity contribution in [2.75, 3.05) is 24.7 Å². The second-order valence-electron chi connectivity index (χ2n) is 7.00. The molecule has 6 nitrogen and oxygen atoms in total. The number of carbonyl (C=O) groups excluding carboxylic acids is 1.